The Bertz CT molecular complexity index is 439. The molecular weight excluding hydrogens is 238 g/mol. The smallest absolute Gasteiger partial charge is 0.234 e. The monoisotopic (exact) mass is 257 g/mol. The molecule has 4 nitrogen and oxygen atoms in total. The zero-order valence-corrected chi connectivity index (χ0v) is 11.1. The fraction of sp³-hybridized carbons (Fsp3) is 0.500. The Morgan fingerprint density at radius 2 is 1.76 bits per heavy atom. The van der Waals surface area contributed by atoms with Gasteiger partial charge in [0.1, 0.15) is 0 Å². The molecule has 0 unspecified atom stereocenters. The molecule has 0 saturated carbocycles. The number of rotatable bonds is 6. The van der Waals surface area contributed by atoms with Crippen LogP contribution in [0.15, 0.2) is 24.3 Å². The fourth-order valence-corrected chi connectivity index (χ4v) is 2.69. The van der Waals surface area contributed by atoms with Gasteiger partial charge in [-0.2, -0.15) is 0 Å². The van der Waals surface area contributed by atoms with E-state index >= 15 is 0 Å². The van der Waals surface area contributed by atoms with Gasteiger partial charge in [0.25, 0.3) is 0 Å². The van der Waals surface area contributed by atoms with Crippen LogP contribution in [0.25, 0.3) is 0 Å². The highest BCUT2D eigenvalue weighted by molar-refractivity contribution is 7.92. The number of benzene rings is 1. The normalized spacial score (nSPS) is 11.5. The van der Waals surface area contributed by atoms with Gasteiger partial charge in [0.05, 0.1) is 24.6 Å². The van der Waals surface area contributed by atoms with Gasteiger partial charge in [-0.25, -0.2) is 8.42 Å². The molecule has 1 N–H and O–H groups in total. The molecule has 1 rings (SSSR count). The van der Waals surface area contributed by atoms with Crippen molar-refractivity contribution in [2.75, 3.05) is 23.2 Å². The Morgan fingerprint density at radius 1 is 1.18 bits per heavy atom. The van der Waals surface area contributed by atoms with Crippen LogP contribution in [0.3, 0.4) is 0 Å². The molecule has 0 aliphatic heterocycles. The number of aliphatic hydroxyl groups excluding tert-OH is 1. The van der Waals surface area contributed by atoms with Gasteiger partial charge in [-0.3, -0.25) is 4.31 Å². The van der Waals surface area contributed by atoms with Crippen LogP contribution in [0, 0.1) is 0 Å². The zero-order valence-electron chi connectivity index (χ0n) is 10.3. The molecule has 0 aliphatic carbocycles. The lowest BCUT2D eigenvalue weighted by Crippen LogP contribution is -2.34. The lowest BCUT2D eigenvalue weighted by molar-refractivity contribution is 0.306. The van der Waals surface area contributed by atoms with E-state index in [1.807, 2.05) is 19.1 Å². The van der Waals surface area contributed by atoms with E-state index in [2.05, 4.69) is 0 Å². The molecule has 17 heavy (non-hydrogen) atoms. The molecule has 0 saturated heterocycles. The molecule has 0 radical (unpaired) electrons. The van der Waals surface area contributed by atoms with E-state index in [-0.39, 0.29) is 18.9 Å². The number of anilines is 1. The number of hydrogen-bond donors (Lipinski definition) is 1. The molecule has 0 spiro atoms. The minimum atomic E-state index is -3.32. The average molecular weight is 257 g/mol. The van der Waals surface area contributed by atoms with E-state index in [4.69, 9.17) is 5.11 Å². The summed E-state index contributed by atoms with van der Waals surface area (Å²) in [5.74, 6) is 0.0303. The molecule has 0 amide bonds. The van der Waals surface area contributed by atoms with Crippen LogP contribution in [0.2, 0.25) is 0 Å². The Labute approximate surface area is 103 Å². The summed E-state index contributed by atoms with van der Waals surface area (Å²) in [5, 5.41) is 8.95. The van der Waals surface area contributed by atoms with Crippen LogP contribution in [0.5, 0.6) is 0 Å². The molecule has 96 valence electrons. The quantitative estimate of drug-likeness (QED) is 0.838. The predicted molar refractivity (Wildman–Crippen MR) is 69.7 cm³/mol. The Kier molecular flexibility index (Phi) is 4.96. The predicted octanol–water partition coefficient (Wildman–Crippen LogP) is 1.40. The van der Waals surface area contributed by atoms with E-state index in [0.29, 0.717) is 5.69 Å². The SMILES string of the molecule is CCc1ccc(N(CCO)S(=O)(=O)CC)cc1. The standard InChI is InChI=1S/C12H19NO3S/c1-3-11-5-7-12(8-6-11)13(9-10-14)17(15,16)4-2/h5-8,14H,3-4,9-10H2,1-2H3. The topological polar surface area (TPSA) is 57.6 Å². The molecule has 0 aromatic heterocycles. The number of sulfonamides is 1. The Morgan fingerprint density at radius 3 is 2.18 bits per heavy atom. The van der Waals surface area contributed by atoms with Crippen LogP contribution in [0.1, 0.15) is 19.4 Å². The number of hydrogen-bond acceptors (Lipinski definition) is 3. The molecule has 0 aliphatic rings. The van der Waals surface area contributed by atoms with Crippen LogP contribution < -0.4 is 4.31 Å². The summed E-state index contributed by atoms with van der Waals surface area (Å²) < 4.78 is 25.0. The van der Waals surface area contributed by atoms with E-state index in [0.717, 1.165) is 12.0 Å². The van der Waals surface area contributed by atoms with Gasteiger partial charge in [-0.1, -0.05) is 19.1 Å². The number of nitrogens with zero attached hydrogens (tertiary/aromatic N) is 1. The first-order valence-corrected chi connectivity index (χ1v) is 7.36. The van der Waals surface area contributed by atoms with Crippen molar-refractivity contribution in [3.8, 4) is 0 Å². The lowest BCUT2D eigenvalue weighted by Gasteiger charge is -2.23. The van der Waals surface area contributed by atoms with Crippen molar-refractivity contribution in [2.24, 2.45) is 0 Å². The average Bonchev–Trinajstić information content (AvgIpc) is 2.36. The number of aliphatic hydroxyl groups is 1. The second kappa shape index (κ2) is 6.02. The van der Waals surface area contributed by atoms with Crippen LogP contribution >= 0.6 is 0 Å². The van der Waals surface area contributed by atoms with Gasteiger partial charge in [0.2, 0.25) is 10.0 Å². The summed E-state index contributed by atoms with van der Waals surface area (Å²) in [6.07, 6.45) is 0.917. The third-order valence-corrected chi connectivity index (χ3v) is 4.43. The third-order valence-electron chi connectivity index (χ3n) is 2.64. The molecule has 0 bridgehead atoms. The van der Waals surface area contributed by atoms with E-state index in [1.54, 1.807) is 19.1 Å². The van der Waals surface area contributed by atoms with Crippen molar-refractivity contribution in [3.63, 3.8) is 0 Å². The first-order chi connectivity index (χ1) is 8.05. The maximum atomic E-state index is 11.9. The summed E-state index contributed by atoms with van der Waals surface area (Å²) in [7, 11) is -3.32. The Balaban J connectivity index is 3.05. The highest BCUT2D eigenvalue weighted by Crippen LogP contribution is 2.19. The van der Waals surface area contributed by atoms with Crippen molar-refractivity contribution in [2.45, 2.75) is 20.3 Å². The second-order valence-electron chi connectivity index (χ2n) is 3.72. The minimum Gasteiger partial charge on any atom is -0.394 e. The van der Waals surface area contributed by atoms with Crippen molar-refractivity contribution >= 4 is 15.7 Å². The van der Waals surface area contributed by atoms with Crippen molar-refractivity contribution in [1.29, 1.82) is 0 Å². The maximum Gasteiger partial charge on any atom is 0.234 e. The maximum absolute atomic E-state index is 11.9. The van der Waals surface area contributed by atoms with Crippen LogP contribution in [-0.2, 0) is 16.4 Å². The molecule has 1 aromatic rings. The first kappa shape index (κ1) is 14.0. The van der Waals surface area contributed by atoms with Gasteiger partial charge >= 0.3 is 0 Å². The second-order valence-corrected chi connectivity index (χ2v) is 5.90. The van der Waals surface area contributed by atoms with E-state index < -0.39 is 10.0 Å². The minimum absolute atomic E-state index is 0.0303. The van der Waals surface area contributed by atoms with Gasteiger partial charge < -0.3 is 5.11 Å². The summed E-state index contributed by atoms with van der Waals surface area (Å²) in [6.45, 7) is 3.56. The van der Waals surface area contributed by atoms with Crippen LogP contribution in [0.4, 0.5) is 5.69 Å². The summed E-state index contributed by atoms with van der Waals surface area (Å²) >= 11 is 0. The summed E-state index contributed by atoms with van der Waals surface area (Å²) in [6, 6.07) is 7.37. The molecular formula is C12H19NO3S. The van der Waals surface area contributed by atoms with Crippen molar-refractivity contribution in [3.05, 3.63) is 29.8 Å². The Hall–Kier alpha value is -1.07. The molecule has 0 atom stereocenters. The van der Waals surface area contributed by atoms with Crippen molar-refractivity contribution in [1.82, 2.24) is 0 Å². The largest absolute Gasteiger partial charge is 0.394 e. The van der Waals surface area contributed by atoms with Gasteiger partial charge in [-0.15, -0.1) is 0 Å². The van der Waals surface area contributed by atoms with Gasteiger partial charge in [0.15, 0.2) is 0 Å². The molecule has 5 heteroatoms. The van der Waals surface area contributed by atoms with E-state index in [1.165, 1.54) is 4.31 Å². The summed E-state index contributed by atoms with van der Waals surface area (Å²) in [5.41, 5.74) is 1.77. The third kappa shape index (κ3) is 3.44. The number of aryl methyl sites for hydroxylation is 1. The van der Waals surface area contributed by atoms with E-state index in [9.17, 15) is 8.42 Å². The van der Waals surface area contributed by atoms with Gasteiger partial charge in [0, 0.05) is 0 Å². The first-order valence-electron chi connectivity index (χ1n) is 5.75. The van der Waals surface area contributed by atoms with Crippen molar-refractivity contribution < 1.29 is 13.5 Å². The fourth-order valence-electron chi connectivity index (χ4n) is 1.57. The lowest BCUT2D eigenvalue weighted by atomic mass is 10.1. The molecule has 0 heterocycles. The highest BCUT2D eigenvalue weighted by Gasteiger charge is 2.19. The van der Waals surface area contributed by atoms with Crippen LogP contribution in [-0.4, -0.2) is 32.4 Å². The molecule has 1 aromatic carbocycles. The van der Waals surface area contributed by atoms with Gasteiger partial charge in [-0.05, 0) is 31.0 Å². The summed E-state index contributed by atoms with van der Waals surface area (Å²) in [4.78, 5) is 0. The highest BCUT2D eigenvalue weighted by atomic mass is 32.2. The molecule has 0 fully saturated rings. The zero-order chi connectivity index (χ0) is 12.9.